The molecular weight excluding hydrogens is 352 g/mol. The SMILES string of the molecule is Cc1ccccc1-c1cc2n(C)c(C)c(CCC(=O)N3CCCC3)c(=O)n2n1. The minimum Gasteiger partial charge on any atom is -0.343 e. The zero-order valence-electron chi connectivity index (χ0n) is 16.7. The van der Waals surface area contributed by atoms with Gasteiger partial charge in [0.05, 0.1) is 5.69 Å². The van der Waals surface area contributed by atoms with Crippen LogP contribution in [-0.4, -0.2) is 38.1 Å². The van der Waals surface area contributed by atoms with E-state index >= 15 is 0 Å². The van der Waals surface area contributed by atoms with Crippen molar-refractivity contribution in [2.45, 2.75) is 39.5 Å². The molecule has 3 heterocycles. The highest BCUT2D eigenvalue weighted by atomic mass is 16.2. The largest absolute Gasteiger partial charge is 0.343 e. The van der Waals surface area contributed by atoms with Crippen LogP contribution in [0.15, 0.2) is 35.1 Å². The van der Waals surface area contributed by atoms with E-state index < -0.39 is 0 Å². The van der Waals surface area contributed by atoms with Gasteiger partial charge in [0.25, 0.3) is 5.56 Å². The number of hydrogen-bond donors (Lipinski definition) is 0. The van der Waals surface area contributed by atoms with Crippen LogP contribution in [0.1, 0.15) is 36.1 Å². The molecule has 28 heavy (non-hydrogen) atoms. The Kier molecular flexibility index (Phi) is 4.79. The Hall–Kier alpha value is -2.89. The van der Waals surface area contributed by atoms with Crippen molar-refractivity contribution >= 4 is 11.6 Å². The molecule has 1 aliphatic rings. The number of aromatic nitrogens is 3. The van der Waals surface area contributed by atoms with E-state index in [0.717, 1.165) is 54.1 Å². The third-order valence-electron chi connectivity index (χ3n) is 5.89. The molecule has 1 aromatic carbocycles. The molecule has 6 heteroatoms. The second kappa shape index (κ2) is 7.26. The van der Waals surface area contributed by atoms with Crippen LogP contribution >= 0.6 is 0 Å². The molecule has 1 fully saturated rings. The quantitative estimate of drug-likeness (QED) is 0.701. The number of hydrogen-bond acceptors (Lipinski definition) is 3. The maximum atomic E-state index is 13.1. The molecule has 0 aliphatic carbocycles. The zero-order chi connectivity index (χ0) is 19.8. The van der Waals surface area contributed by atoms with Gasteiger partial charge in [0, 0.05) is 49.4 Å². The van der Waals surface area contributed by atoms with Crippen LogP contribution in [0, 0.1) is 13.8 Å². The molecular formula is C22H26N4O2. The van der Waals surface area contributed by atoms with Gasteiger partial charge >= 0.3 is 0 Å². The van der Waals surface area contributed by atoms with E-state index in [9.17, 15) is 9.59 Å². The van der Waals surface area contributed by atoms with Crippen LogP contribution in [0.3, 0.4) is 0 Å². The van der Waals surface area contributed by atoms with Crippen molar-refractivity contribution in [1.29, 1.82) is 0 Å². The van der Waals surface area contributed by atoms with Crippen molar-refractivity contribution in [3.05, 3.63) is 57.5 Å². The summed E-state index contributed by atoms with van der Waals surface area (Å²) >= 11 is 0. The maximum absolute atomic E-state index is 13.1. The fourth-order valence-electron chi connectivity index (χ4n) is 4.05. The van der Waals surface area contributed by atoms with Gasteiger partial charge in [-0.1, -0.05) is 24.3 Å². The van der Waals surface area contributed by atoms with Crippen molar-refractivity contribution in [3.8, 4) is 11.3 Å². The minimum absolute atomic E-state index is 0.125. The Morgan fingerprint density at radius 2 is 1.86 bits per heavy atom. The summed E-state index contributed by atoms with van der Waals surface area (Å²) in [4.78, 5) is 27.4. The van der Waals surface area contributed by atoms with Crippen molar-refractivity contribution in [2.24, 2.45) is 7.05 Å². The molecule has 0 atom stereocenters. The predicted octanol–water partition coefficient (Wildman–Crippen LogP) is 2.87. The summed E-state index contributed by atoms with van der Waals surface area (Å²) in [7, 11) is 1.94. The number of rotatable bonds is 4. The molecule has 0 unspecified atom stereocenters. The molecule has 0 N–H and O–H groups in total. The second-order valence-electron chi connectivity index (χ2n) is 7.63. The maximum Gasteiger partial charge on any atom is 0.277 e. The highest BCUT2D eigenvalue weighted by molar-refractivity contribution is 5.76. The van der Waals surface area contributed by atoms with E-state index in [1.54, 1.807) is 0 Å². The lowest BCUT2D eigenvalue weighted by Gasteiger charge is -2.16. The van der Waals surface area contributed by atoms with E-state index in [4.69, 9.17) is 0 Å². The van der Waals surface area contributed by atoms with Crippen LogP contribution < -0.4 is 5.56 Å². The average molecular weight is 378 g/mol. The molecule has 0 saturated carbocycles. The van der Waals surface area contributed by atoms with Gasteiger partial charge in [-0.05, 0) is 38.7 Å². The Bertz CT molecular complexity index is 1100. The molecule has 6 nitrogen and oxygen atoms in total. The molecule has 1 amide bonds. The number of nitrogens with zero attached hydrogens (tertiary/aromatic N) is 4. The van der Waals surface area contributed by atoms with E-state index in [-0.39, 0.29) is 11.5 Å². The predicted molar refractivity (Wildman–Crippen MR) is 109 cm³/mol. The first-order valence-corrected chi connectivity index (χ1v) is 9.89. The number of aryl methyl sites for hydroxylation is 2. The number of amides is 1. The molecule has 0 radical (unpaired) electrons. The number of benzene rings is 1. The summed E-state index contributed by atoms with van der Waals surface area (Å²) in [5, 5.41) is 4.60. The van der Waals surface area contributed by atoms with Crippen molar-refractivity contribution < 1.29 is 4.79 Å². The standard InChI is InChI=1S/C22H26N4O2/c1-15-8-4-5-9-17(15)19-14-20-24(3)16(2)18(22(28)26(20)23-19)10-11-21(27)25-12-6-7-13-25/h4-5,8-9,14H,6-7,10-13H2,1-3H3. The third kappa shape index (κ3) is 3.13. The summed E-state index contributed by atoms with van der Waals surface area (Å²) in [6.07, 6.45) is 2.97. The Labute approximate surface area is 164 Å². The van der Waals surface area contributed by atoms with E-state index in [1.807, 2.05) is 60.7 Å². The Morgan fingerprint density at radius 3 is 2.57 bits per heavy atom. The lowest BCUT2D eigenvalue weighted by atomic mass is 10.1. The van der Waals surface area contributed by atoms with Gasteiger partial charge in [0.2, 0.25) is 5.91 Å². The molecule has 146 valence electrons. The lowest BCUT2D eigenvalue weighted by molar-refractivity contribution is -0.130. The monoisotopic (exact) mass is 378 g/mol. The topological polar surface area (TPSA) is 59.6 Å². The third-order valence-corrected chi connectivity index (χ3v) is 5.89. The van der Waals surface area contributed by atoms with Gasteiger partial charge in [-0.15, -0.1) is 0 Å². The average Bonchev–Trinajstić information content (AvgIpc) is 3.37. The second-order valence-corrected chi connectivity index (χ2v) is 7.63. The molecule has 0 bridgehead atoms. The first-order chi connectivity index (χ1) is 13.5. The normalized spacial score (nSPS) is 14.2. The number of likely N-dealkylation sites (tertiary alicyclic amines) is 1. The first kappa shape index (κ1) is 18.5. The molecule has 3 aromatic rings. The van der Waals surface area contributed by atoms with Gasteiger partial charge in [-0.3, -0.25) is 9.59 Å². The number of carbonyl (C=O) groups excluding carboxylic acids is 1. The van der Waals surface area contributed by atoms with Gasteiger partial charge in [-0.2, -0.15) is 9.61 Å². The highest BCUT2D eigenvalue weighted by Crippen LogP contribution is 2.23. The summed E-state index contributed by atoms with van der Waals surface area (Å²) in [5.41, 5.74) is 5.12. The van der Waals surface area contributed by atoms with E-state index in [0.29, 0.717) is 18.4 Å². The fourth-order valence-corrected chi connectivity index (χ4v) is 4.05. The molecule has 1 aliphatic heterocycles. The zero-order valence-corrected chi connectivity index (χ0v) is 16.7. The molecule has 0 spiro atoms. The Balaban J connectivity index is 1.71. The van der Waals surface area contributed by atoms with Crippen LogP contribution in [-0.2, 0) is 18.3 Å². The summed E-state index contributed by atoms with van der Waals surface area (Å²) in [6.45, 7) is 5.66. The molecule has 4 rings (SSSR count). The smallest absolute Gasteiger partial charge is 0.277 e. The van der Waals surface area contributed by atoms with E-state index in [2.05, 4.69) is 5.10 Å². The summed E-state index contributed by atoms with van der Waals surface area (Å²) < 4.78 is 3.47. The lowest BCUT2D eigenvalue weighted by Crippen LogP contribution is -2.30. The minimum atomic E-state index is -0.125. The Morgan fingerprint density at radius 1 is 1.14 bits per heavy atom. The summed E-state index contributed by atoms with van der Waals surface area (Å²) in [5.74, 6) is 0.139. The van der Waals surface area contributed by atoms with Crippen LogP contribution in [0.5, 0.6) is 0 Å². The van der Waals surface area contributed by atoms with Gasteiger partial charge in [0.15, 0.2) is 0 Å². The van der Waals surface area contributed by atoms with Gasteiger partial charge in [-0.25, -0.2) is 0 Å². The number of fused-ring (bicyclic) bond motifs is 1. The van der Waals surface area contributed by atoms with Crippen LogP contribution in [0.25, 0.3) is 16.9 Å². The van der Waals surface area contributed by atoms with Gasteiger partial charge < -0.3 is 9.47 Å². The molecule has 2 aromatic heterocycles. The fraction of sp³-hybridized carbons (Fsp3) is 0.409. The first-order valence-electron chi connectivity index (χ1n) is 9.89. The number of carbonyl (C=O) groups is 1. The van der Waals surface area contributed by atoms with Crippen molar-refractivity contribution in [1.82, 2.24) is 19.1 Å². The van der Waals surface area contributed by atoms with E-state index in [1.165, 1.54) is 4.52 Å². The molecule has 1 saturated heterocycles. The van der Waals surface area contributed by atoms with Crippen LogP contribution in [0.2, 0.25) is 0 Å². The van der Waals surface area contributed by atoms with Gasteiger partial charge in [0.1, 0.15) is 5.65 Å². The summed E-state index contributed by atoms with van der Waals surface area (Å²) in [6, 6.07) is 9.98. The van der Waals surface area contributed by atoms with Crippen LogP contribution in [0.4, 0.5) is 0 Å². The van der Waals surface area contributed by atoms with Crippen molar-refractivity contribution in [3.63, 3.8) is 0 Å². The highest BCUT2D eigenvalue weighted by Gasteiger charge is 2.20. The van der Waals surface area contributed by atoms with Crippen molar-refractivity contribution in [2.75, 3.05) is 13.1 Å².